The molecule has 1 unspecified atom stereocenters. The van der Waals surface area contributed by atoms with E-state index in [1.807, 2.05) is 30.3 Å². The standard InChI is InChI=1S/C26H28N4O4/c31-19-7-9-20(29-26(34)22-10-11-23-27-13-12-24(32)30(22)23)17(15-19)14-18-6-8-21(28-18)25(33)16-4-2-1-3-5-16/h1-5,7,9,12-13,15,18,21-22,25,28,31,33H,6,8,10-11,14H2,(H,29,34)/t18-,21+,22?,25+/m0/s1. The third-order valence-corrected chi connectivity index (χ3v) is 6.82. The quantitative estimate of drug-likeness (QED) is 0.420. The molecule has 0 bridgehead atoms. The summed E-state index contributed by atoms with van der Waals surface area (Å²) in [5.74, 6) is 0.479. The average Bonchev–Trinajstić information content (AvgIpc) is 3.49. The normalized spacial score (nSPS) is 22.3. The number of aromatic hydroxyl groups is 1. The summed E-state index contributed by atoms with van der Waals surface area (Å²) in [4.78, 5) is 29.6. The lowest BCUT2D eigenvalue weighted by atomic mass is 10.0. The van der Waals surface area contributed by atoms with Crippen molar-refractivity contribution in [3.05, 3.63) is 88.1 Å². The molecule has 1 fully saturated rings. The minimum Gasteiger partial charge on any atom is -0.508 e. The van der Waals surface area contributed by atoms with Gasteiger partial charge >= 0.3 is 0 Å². The topological polar surface area (TPSA) is 116 Å². The molecular weight excluding hydrogens is 432 g/mol. The predicted octanol–water partition coefficient (Wildman–Crippen LogP) is 2.47. The molecule has 176 valence electrons. The number of nitrogens with one attached hydrogen (secondary N) is 2. The number of carbonyl (C=O) groups excluding carboxylic acids is 1. The molecule has 5 rings (SSSR count). The zero-order valence-corrected chi connectivity index (χ0v) is 18.7. The van der Waals surface area contributed by atoms with E-state index < -0.39 is 12.1 Å². The number of aliphatic hydroxyl groups is 1. The van der Waals surface area contributed by atoms with Crippen molar-refractivity contribution in [1.29, 1.82) is 0 Å². The summed E-state index contributed by atoms with van der Waals surface area (Å²) >= 11 is 0. The van der Waals surface area contributed by atoms with Gasteiger partial charge in [0, 0.05) is 36.5 Å². The fraction of sp³-hybridized carbons (Fsp3) is 0.346. The van der Waals surface area contributed by atoms with E-state index in [1.54, 1.807) is 18.2 Å². The summed E-state index contributed by atoms with van der Waals surface area (Å²) < 4.78 is 1.46. The van der Waals surface area contributed by atoms with E-state index in [0.29, 0.717) is 30.8 Å². The summed E-state index contributed by atoms with van der Waals surface area (Å²) in [5.41, 5.74) is 2.07. The number of anilines is 1. The van der Waals surface area contributed by atoms with E-state index in [0.717, 1.165) is 24.0 Å². The Kier molecular flexibility index (Phi) is 6.17. The smallest absolute Gasteiger partial charge is 0.254 e. The zero-order valence-electron chi connectivity index (χ0n) is 18.7. The van der Waals surface area contributed by atoms with Gasteiger partial charge in [-0.05, 0) is 55.0 Å². The first kappa shape index (κ1) is 22.3. The van der Waals surface area contributed by atoms with Crippen LogP contribution in [-0.4, -0.2) is 37.8 Å². The lowest BCUT2D eigenvalue weighted by molar-refractivity contribution is -0.119. The van der Waals surface area contributed by atoms with E-state index in [2.05, 4.69) is 15.6 Å². The molecule has 0 aliphatic carbocycles. The third-order valence-electron chi connectivity index (χ3n) is 6.82. The summed E-state index contributed by atoms with van der Waals surface area (Å²) in [6, 6.07) is 15.3. The maximum absolute atomic E-state index is 13.1. The van der Waals surface area contributed by atoms with Crippen molar-refractivity contribution in [1.82, 2.24) is 14.9 Å². The van der Waals surface area contributed by atoms with Gasteiger partial charge in [0.15, 0.2) is 0 Å². The van der Waals surface area contributed by atoms with Crippen LogP contribution >= 0.6 is 0 Å². The van der Waals surface area contributed by atoms with Crippen LogP contribution in [0.1, 0.15) is 48.4 Å². The van der Waals surface area contributed by atoms with Gasteiger partial charge in [-0.25, -0.2) is 4.98 Å². The Morgan fingerprint density at radius 3 is 2.79 bits per heavy atom. The van der Waals surface area contributed by atoms with Gasteiger partial charge in [0.25, 0.3) is 5.56 Å². The fourth-order valence-corrected chi connectivity index (χ4v) is 5.11. The molecule has 3 aromatic rings. The van der Waals surface area contributed by atoms with Gasteiger partial charge in [-0.15, -0.1) is 0 Å². The van der Waals surface area contributed by atoms with Crippen molar-refractivity contribution < 1.29 is 15.0 Å². The van der Waals surface area contributed by atoms with Crippen LogP contribution < -0.4 is 16.2 Å². The van der Waals surface area contributed by atoms with Gasteiger partial charge < -0.3 is 20.8 Å². The first-order chi connectivity index (χ1) is 16.5. The van der Waals surface area contributed by atoms with Gasteiger partial charge in [-0.3, -0.25) is 14.2 Å². The summed E-state index contributed by atoms with van der Waals surface area (Å²) in [5, 5.41) is 27.3. The average molecular weight is 461 g/mol. The van der Waals surface area contributed by atoms with Crippen LogP contribution in [0.15, 0.2) is 65.6 Å². The lowest BCUT2D eigenvalue weighted by Crippen LogP contribution is -2.35. The van der Waals surface area contributed by atoms with Gasteiger partial charge in [0.1, 0.15) is 17.6 Å². The number of carbonyl (C=O) groups is 1. The van der Waals surface area contributed by atoms with Gasteiger partial charge in [-0.2, -0.15) is 0 Å². The highest BCUT2D eigenvalue weighted by Gasteiger charge is 2.32. The van der Waals surface area contributed by atoms with Gasteiger partial charge in [-0.1, -0.05) is 30.3 Å². The van der Waals surface area contributed by atoms with Crippen molar-refractivity contribution in [3.8, 4) is 5.75 Å². The highest BCUT2D eigenvalue weighted by atomic mass is 16.3. The molecule has 3 heterocycles. The van der Waals surface area contributed by atoms with Crippen molar-refractivity contribution in [2.45, 2.75) is 56.3 Å². The first-order valence-corrected chi connectivity index (χ1v) is 11.7. The Labute approximate surface area is 197 Å². The molecule has 1 aromatic heterocycles. The van der Waals surface area contributed by atoms with E-state index in [-0.39, 0.29) is 29.3 Å². The van der Waals surface area contributed by atoms with Crippen LogP contribution in [0.5, 0.6) is 5.75 Å². The minimum absolute atomic E-state index is 0.0582. The second-order valence-corrected chi connectivity index (χ2v) is 9.06. The van der Waals surface area contributed by atoms with Crippen molar-refractivity contribution in [2.75, 3.05) is 5.32 Å². The third kappa shape index (κ3) is 4.47. The minimum atomic E-state index is -0.604. The van der Waals surface area contributed by atoms with Crippen molar-refractivity contribution in [3.63, 3.8) is 0 Å². The predicted molar refractivity (Wildman–Crippen MR) is 128 cm³/mol. The number of nitrogens with zero attached hydrogens (tertiary/aromatic N) is 2. The van der Waals surface area contributed by atoms with Crippen LogP contribution in [0.4, 0.5) is 5.69 Å². The zero-order chi connectivity index (χ0) is 23.7. The number of aliphatic hydroxyl groups excluding tert-OH is 1. The summed E-state index contributed by atoms with van der Waals surface area (Å²) in [6.07, 6.45) is 4.27. The van der Waals surface area contributed by atoms with Gasteiger partial charge in [0.05, 0.1) is 6.10 Å². The molecule has 2 aliphatic rings. The summed E-state index contributed by atoms with van der Waals surface area (Å²) in [7, 11) is 0. The molecule has 1 amide bonds. The number of amides is 1. The molecule has 8 heteroatoms. The van der Waals surface area contributed by atoms with Crippen LogP contribution in [0, 0.1) is 0 Å². The second kappa shape index (κ2) is 9.40. The molecule has 4 atom stereocenters. The van der Waals surface area contributed by atoms with Crippen molar-refractivity contribution >= 4 is 11.6 Å². The Bertz CT molecular complexity index is 1240. The number of phenols is 1. The summed E-state index contributed by atoms with van der Waals surface area (Å²) in [6.45, 7) is 0. The molecule has 4 N–H and O–H groups in total. The van der Waals surface area contributed by atoms with Gasteiger partial charge in [0.2, 0.25) is 5.91 Å². The highest BCUT2D eigenvalue weighted by molar-refractivity contribution is 5.94. The Morgan fingerprint density at radius 2 is 1.97 bits per heavy atom. The van der Waals surface area contributed by atoms with Crippen LogP contribution in [-0.2, 0) is 17.6 Å². The second-order valence-electron chi connectivity index (χ2n) is 9.06. The molecule has 2 aliphatic heterocycles. The maximum Gasteiger partial charge on any atom is 0.254 e. The van der Waals surface area contributed by atoms with Crippen LogP contribution in [0.25, 0.3) is 0 Å². The number of aryl methyl sites for hydroxylation is 1. The molecule has 0 saturated carbocycles. The Hall–Kier alpha value is -3.49. The Balaban J connectivity index is 1.29. The van der Waals surface area contributed by atoms with E-state index in [9.17, 15) is 19.8 Å². The monoisotopic (exact) mass is 460 g/mol. The van der Waals surface area contributed by atoms with Crippen LogP contribution in [0.3, 0.4) is 0 Å². The SMILES string of the molecule is O=C(Nc1ccc(O)cc1C[C@@H]1CC[C@H]([C@H](O)c2ccccc2)N1)C1CCc2nccc(=O)n21. The molecule has 0 spiro atoms. The number of aromatic nitrogens is 2. The van der Waals surface area contributed by atoms with Crippen molar-refractivity contribution in [2.24, 2.45) is 0 Å². The number of phenolic OH excluding ortho intramolecular Hbond substituents is 1. The molecule has 1 saturated heterocycles. The largest absolute Gasteiger partial charge is 0.508 e. The number of hydrogen-bond donors (Lipinski definition) is 4. The van der Waals surface area contributed by atoms with E-state index in [4.69, 9.17) is 0 Å². The van der Waals surface area contributed by atoms with E-state index >= 15 is 0 Å². The number of hydrogen-bond acceptors (Lipinski definition) is 6. The highest BCUT2D eigenvalue weighted by Crippen LogP contribution is 2.30. The maximum atomic E-state index is 13.1. The number of fused-ring (bicyclic) bond motifs is 1. The fourth-order valence-electron chi connectivity index (χ4n) is 5.11. The molecule has 8 nitrogen and oxygen atoms in total. The molecule has 2 aromatic carbocycles. The van der Waals surface area contributed by atoms with Crippen LogP contribution in [0.2, 0.25) is 0 Å². The van der Waals surface area contributed by atoms with E-state index in [1.165, 1.54) is 16.8 Å². The molecular formula is C26H28N4O4. The Morgan fingerprint density at radius 1 is 1.15 bits per heavy atom. The molecule has 34 heavy (non-hydrogen) atoms. The molecule has 0 radical (unpaired) electrons. The number of rotatable bonds is 6. The lowest BCUT2D eigenvalue weighted by Gasteiger charge is -2.21. The number of benzene rings is 2. The first-order valence-electron chi connectivity index (χ1n) is 11.7.